The maximum Gasteiger partial charge on any atom is 0.320 e. The first-order valence-corrected chi connectivity index (χ1v) is 5.32. The van der Waals surface area contributed by atoms with Crippen molar-refractivity contribution in [1.29, 1.82) is 0 Å². The second kappa shape index (κ2) is 5.84. The summed E-state index contributed by atoms with van der Waals surface area (Å²) in [7, 11) is 1.12. The number of aliphatic carboxylic acids is 1. The van der Waals surface area contributed by atoms with Crippen LogP contribution in [-0.2, 0) is 20.7 Å². The van der Waals surface area contributed by atoms with Gasteiger partial charge >= 0.3 is 11.9 Å². The zero-order valence-corrected chi connectivity index (χ0v) is 10.3. The molecule has 7 heteroatoms. The lowest BCUT2D eigenvalue weighted by molar-refractivity contribution is -0.156. The summed E-state index contributed by atoms with van der Waals surface area (Å²) in [5.74, 6) is -3.41. The van der Waals surface area contributed by atoms with Crippen molar-refractivity contribution < 1.29 is 19.4 Å². The quantitative estimate of drug-likeness (QED) is 0.516. The second-order valence-electron chi connectivity index (χ2n) is 3.22. The topological polar surface area (TPSA) is 76.5 Å². The molecule has 1 aromatic rings. The lowest BCUT2D eigenvalue weighted by atomic mass is 10.0. The molecule has 0 saturated carbocycles. The Bertz CT molecular complexity index is 450. The summed E-state index contributed by atoms with van der Waals surface area (Å²) in [5.41, 5.74) is 0.425. The van der Waals surface area contributed by atoms with Crippen LogP contribution < -0.4 is 0 Å². The molecular weight excluding hydrogens is 269 g/mol. The first-order chi connectivity index (χ1) is 7.95. The smallest absolute Gasteiger partial charge is 0.320 e. The molecular formula is C10H9Cl2NO4. The highest BCUT2D eigenvalue weighted by Gasteiger charge is 2.28. The van der Waals surface area contributed by atoms with Crippen LogP contribution in [0.1, 0.15) is 5.56 Å². The van der Waals surface area contributed by atoms with Gasteiger partial charge in [-0.15, -0.1) is 0 Å². The van der Waals surface area contributed by atoms with Gasteiger partial charge in [0.25, 0.3) is 0 Å². The van der Waals surface area contributed by atoms with E-state index in [1.807, 2.05) is 0 Å². The van der Waals surface area contributed by atoms with Crippen LogP contribution in [0, 0.1) is 5.92 Å². The lowest BCUT2D eigenvalue weighted by Crippen LogP contribution is -2.27. The van der Waals surface area contributed by atoms with Gasteiger partial charge in [-0.3, -0.25) is 9.59 Å². The summed E-state index contributed by atoms with van der Waals surface area (Å²) in [6.45, 7) is 0. The average molecular weight is 278 g/mol. The molecule has 0 aliphatic heterocycles. The lowest BCUT2D eigenvalue weighted by Gasteiger charge is -2.10. The number of nitrogens with zero attached hydrogens (tertiary/aromatic N) is 1. The number of pyridine rings is 1. The molecule has 0 fully saturated rings. The molecule has 0 radical (unpaired) electrons. The molecule has 5 nitrogen and oxygen atoms in total. The standard InChI is InChI=1S/C10H9Cl2NO4/c1-17-10(16)6(9(14)15)2-5-4-13-8(12)3-7(5)11/h3-4,6H,2H2,1H3,(H,14,15). The van der Waals surface area contributed by atoms with Gasteiger partial charge in [-0.25, -0.2) is 4.98 Å². The summed E-state index contributed by atoms with van der Waals surface area (Å²) in [4.78, 5) is 25.9. The molecule has 0 saturated heterocycles. The summed E-state index contributed by atoms with van der Waals surface area (Å²) in [6.07, 6.45) is 1.24. The first-order valence-electron chi connectivity index (χ1n) is 4.56. The first kappa shape index (κ1) is 13.7. The van der Waals surface area contributed by atoms with E-state index in [1.165, 1.54) is 12.3 Å². The third kappa shape index (κ3) is 3.57. The van der Waals surface area contributed by atoms with Gasteiger partial charge < -0.3 is 9.84 Å². The van der Waals surface area contributed by atoms with Crippen molar-refractivity contribution in [3.63, 3.8) is 0 Å². The Balaban J connectivity index is 2.94. The molecule has 1 unspecified atom stereocenters. The van der Waals surface area contributed by atoms with Crippen molar-refractivity contribution in [2.24, 2.45) is 5.92 Å². The van der Waals surface area contributed by atoms with E-state index >= 15 is 0 Å². The van der Waals surface area contributed by atoms with Crippen LogP contribution in [0.25, 0.3) is 0 Å². The zero-order valence-electron chi connectivity index (χ0n) is 8.81. The monoisotopic (exact) mass is 277 g/mol. The predicted molar refractivity (Wildman–Crippen MR) is 61.1 cm³/mol. The Morgan fingerprint density at radius 3 is 2.65 bits per heavy atom. The van der Waals surface area contributed by atoms with Crippen molar-refractivity contribution in [2.75, 3.05) is 7.11 Å². The van der Waals surface area contributed by atoms with E-state index in [0.717, 1.165) is 7.11 Å². The Hall–Kier alpha value is -1.33. The van der Waals surface area contributed by atoms with Crippen molar-refractivity contribution in [3.05, 3.63) is 28.0 Å². The highest BCUT2D eigenvalue weighted by atomic mass is 35.5. The van der Waals surface area contributed by atoms with Crippen LogP contribution in [0.15, 0.2) is 12.3 Å². The van der Waals surface area contributed by atoms with E-state index in [0.29, 0.717) is 5.56 Å². The van der Waals surface area contributed by atoms with Gasteiger partial charge in [0, 0.05) is 11.2 Å². The normalized spacial score (nSPS) is 11.9. The Morgan fingerprint density at radius 1 is 1.53 bits per heavy atom. The number of carbonyl (C=O) groups excluding carboxylic acids is 1. The van der Waals surface area contributed by atoms with Gasteiger partial charge in [-0.1, -0.05) is 23.2 Å². The number of hydrogen-bond donors (Lipinski definition) is 1. The van der Waals surface area contributed by atoms with Crippen LogP contribution in [0.2, 0.25) is 10.2 Å². The third-order valence-corrected chi connectivity index (χ3v) is 2.66. The highest BCUT2D eigenvalue weighted by Crippen LogP contribution is 2.22. The minimum Gasteiger partial charge on any atom is -0.481 e. The van der Waals surface area contributed by atoms with Crippen LogP contribution in [-0.4, -0.2) is 29.1 Å². The minimum absolute atomic E-state index is 0.0923. The van der Waals surface area contributed by atoms with Crippen molar-refractivity contribution in [1.82, 2.24) is 4.98 Å². The second-order valence-corrected chi connectivity index (χ2v) is 4.01. The van der Waals surface area contributed by atoms with Gasteiger partial charge in [0.2, 0.25) is 0 Å². The van der Waals surface area contributed by atoms with Gasteiger partial charge in [-0.2, -0.15) is 0 Å². The molecule has 0 aromatic carbocycles. The Labute approximate surface area is 107 Å². The molecule has 1 heterocycles. The van der Waals surface area contributed by atoms with Crippen LogP contribution in [0.5, 0.6) is 0 Å². The van der Waals surface area contributed by atoms with E-state index in [2.05, 4.69) is 9.72 Å². The van der Waals surface area contributed by atoms with Crippen molar-refractivity contribution in [3.8, 4) is 0 Å². The Kier molecular flexibility index (Phi) is 4.72. The van der Waals surface area contributed by atoms with Crippen LogP contribution >= 0.6 is 23.2 Å². The van der Waals surface area contributed by atoms with Crippen LogP contribution in [0.3, 0.4) is 0 Å². The van der Waals surface area contributed by atoms with Gasteiger partial charge in [0.1, 0.15) is 5.15 Å². The third-order valence-electron chi connectivity index (χ3n) is 2.10. The predicted octanol–water partition coefficient (Wildman–Crippen LogP) is 1.80. The number of rotatable bonds is 4. The number of ether oxygens (including phenoxy) is 1. The number of esters is 1. The largest absolute Gasteiger partial charge is 0.481 e. The molecule has 1 N–H and O–H groups in total. The van der Waals surface area contributed by atoms with Gasteiger partial charge in [0.05, 0.1) is 7.11 Å². The van der Waals surface area contributed by atoms with E-state index in [1.54, 1.807) is 0 Å². The number of carboxylic acid groups (broad SMARTS) is 1. The number of aromatic nitrogens is 1. The summed E-state index contributed by atoms with van der Waals surface area (Å²) >= 11 is 11.5. The molecule has 92 valence electrons. The fourth-order valence-electron chi connectivity index (χ4n) is 1.22. The van der Waals surface area contributed by atoms with Crippen molar-refractivity contribution >= 4 is 35.1 Å². The summed E-state index contributed by atoms with van der Waals surface area (Å²) in [6, 6.07) is 1.38. The number of carboxylic acids is 1. The highest BCUT2D eigenvalue weighted by molar-refractivity contribution is 6.34. The molecule has 1 atom stereocenters. The van der Waals surface area contributed by atoms with E-state index in [9.17, 15) is 9.59 Å². The van der Waals surface area contributed by atoms with E-state index in [-0.39, 0.29) is 16.6 Å². The maximum absolute atomic E-state index is 11.2. The molecule has 1 aromatic heterocycles. The SMILES string of the molecule is COC(=O)C(Cc1cnc(Cl)cc1Cl)C(=O)O. The molecule has 0 spiro atoms. The van der Waals surface area contributed by atoms with Crippen LogP contribution in [0.4, 0.5) is 0 Å². The fraction of sp³-hybridized carbons (Fsp3) is 0.300. The minimum atomic E-state index is -1.31. The van der Waals surface area contributed by atoms with Gasteiger partial charge in [-0.05, 0) is 18.1 Å². The summed E-state index contributed by atoms with van der Waals surface area (Å²) < 4.78 is 4.40. The summed E-state index contributed by atoms with van der Waals surface area (Å²) in [5, 5.41) is 9.35. The zero-order chi connectivity index (χ0) is 13.0. The number of halogens is 2. The number of hydrogen-bond acceptors (Lipinski definition) is 4. The number of methoxy groups -OCH3 is 1. The fourth-order valence-corrected chi connectivity index (χ4v) is 1.66. The maximum atomic E-state index is 11.2. The molecule has 0 aliphatic rings. The average Bonchev–Trinajstić information content (AvgIpc) is 2.26. The van der Waals surface area contributed by atoms with Crippen molar-refractivity contribution in [2.45, 2.75) is 6.42 Å². The van der Waals surface area contributed by atoms with E-state index in [4.69, 9.17) is 28.3 Å². The van der Waals surface area contributed by atoms with Gasteiger partial charge in [0.15, 0.2) is 5.92 Å². The molecule has 0 aliphatic carbocycles. The number of carbonyl (C=O) groups is 2. The molecule has 1 rings (SSSR count). The molecule has 17 heavy (non-hydrogen) atoms. The molecule has 0 bridgehead atoms. The molecule has 0 amide bonds. The Morgan fingerprint density at radius 2 is 2.18 bits per heavy atom. The van der Waals surface area contributed by atoms with E-state index < -0.39 is 17.9 Å².